The Morgan fingerprint density at radius 1 is 0.606 bits per heavy atom. The fraction of sp³-hybridized carbons (Fsp3) is 0.558. The van der Waals surface area contributed by atoms with E-state index in [9.17, 15) is 32.4 Å². The Morgan fingerprint density at radius 2 is 1.12 bits per heavy atom. The first-order valence-corrected chi connectivity index (χ1v) is 26.0. The van der Waals surface area contributed by atoms with Gasteiger partial charge in [0.15, 0.2) is 0 Å². The van der Waals surface area contributed by atoms with Crippen molar-refractivity contribution in [2.75, 3.05) is 39.3 Å². The van der Waals surface area contributed by atoms with Crippen molar-refractivity contribution < 1.29 is 32.4 Å². The highest BCUT2D eigenvalue weighted by molar-refractivity contribution is 7.89. The summed E-state index contributed by atoms with van der Waals surface area (Å²) in [7, 11) is -4.21. The summed E-state index contributed by atoms with van der Waals surface area (Å²) in [6.45, 7) is 3.87. The molecular weight excluding hydrogens is 853 g/mol. The largest absolute Gasteiger partial charge is 0.354 e. The van der Waals surface area contributed by atoms with Crippen molar-refractivity contribution in [1.82, 2.24) is 30.1 Å². The van der Waals surface area contributed by atoms with Gasteiger partial charge in [-0.25, -0.2) is 8.42 Å². The molecule has 0 unspecified atom stereocenters. The second-order valence-electron chi connectivity index (χ2n) is 19.0. The van der Waals surface area contributed by atoms with Crippen molar-refractivity contribution in [2.24, 2.45) is 11.8 Å². The number of nitrogens with one attached hydrogen (secondary N) is 3. The molecule has 2 aliphatic heterocycles. The lowest BCUT2D eigenvalue weighted by Crippen LogP contribution is -2.61. The lowest BCUT2D eigenvalue weighted by molar-refractivity contribution is -0.141. The molecule has 4 fully saturated rings. The van der Waals surface area contributed by atoms with Crippen LogP contribution in [0.1, 0.15) is 137 Å². The standard InChI is InChI=1S/C52H70N6O7S/c1-3-4-5-6-7-8-9-10-11-12-13-20-28-53-51(62)48-36-57(29-30-58(48)37(2)59)66(64,65)41-27-21-26-40(31-41)52(63)56-34-44(49(60)54-46-32-42(46)38-22-16-14-17-23-38)45(35-56)50(61)55-47-33-43(47)39-24-18-15-19-25-39/h14-19,21-27,31,42-48H,3-13,20,28-30,32-36H2,1-2H3,(H,53,62)(H,54,60)(H,55,61)/t42-,43-,44-,45-,46+,47+,48+/m1/s1. The molecule has 3 N–H and O–H groups in total. The molecule has 2 aliphatic carbocycles. The summed E-state index contributed by atoms with van der Waals surface area (Å²) in [5.41, 5.74) is 2.38. The number of carbonyl (C=O) groups is 5. The van der Waals surface area contributed by atoms with Crippen LogP contribution in [0.25, 0.3) is 0 Å². The van der Waals surface area contributed by atoms with Gasteiger partial charge in [-0.05, 0) is 48.6 Å². The minimum Gasteiger partial charge on any atom is -0.354 e. The van der Waals surface area contributed by atoms with Crippen LogP contribution in [-0.2, 0) is 29.2 Å². The Bertz CT molecular complexity index is 2170. The second kappa shape index (κ2) is 23.1. The fourth-order valence-corrected chi connectivity index (χ4v) is 11.4. The Kier molecular flexibility index (Phi) is 17.1. The number of hydrogen-bond acceptors (Lipinski definition) is 7. The quantitative estimate of drug-likeness (QED) is 0.0885. The molecule has 2 saturated heterocycles. The lowest BCUT2D eigenvalue weighted by Gasteiger charge is -2.39. The summed E-state index contributed by atoms with van der Waals surface area (Å²) in [5.74, 6) is -2.98. The third-order valence-electron chi connectivity index (χ3n) is 14.1. The third kappa shape index (κ3) is 12.7. The predicted molar refractivity (Wildman–Crippen MR) is 255 cm³/mol. The van der Waals surface area contributed by atoms with Gasteiger partial charge in [0.2, 0.25) is 33.7 Å². The minimum atomic E-state index is -4.21. The zero-order valence-electron chi connectivity index (χ0n) is 38.9. The number of unbranched alkanes of at least 4 members (excludes halogenated alkanes) is 11. The zero-order valence-corrected chi connectivity index (χ0v) is 39.7. The zero-order chi connectivity index (χ0) is 46.6. The molecule has 2 saturated carbocycles. The molecule has 4 aliphatic rings. The smallest absolute Gasteiger partial charge is 0.253 e. The molecule has 7 rings (SSSR count). The van der Waals surface area contributed by atoms with E-state index in [2.05, 4.69) is 22.9 Å². The molecule has 0 aromatic heterocycles. The number of sulfonamides is 1. The summed E-state index contributed by atoms with van der Waals surface area (Å²) >= 11 is 0. The highest BCUT2D eigenvalue weighted by Crippen LogP contribution is 2.43. The molecule has 356 valence electrons. The molecule has 0 spiro atoms. The van der Waals surface area contributed by atoms with Gasteiger partial charge in [0.25, 0.3) is 5.91 Å². The Balaban J connectivity index is 0.952. The van der Waals surface area contributed by atoms with E-state index < -0.39 is 39.7 Å². The monoisotopic (exact) mass is 923 g/mol. The third-order valence-corrected chi connectivity index (χ3v) is 15.9. The minimum absolute atomic E-state index is 0.00170. The molecule has 13 nitrogen and oxygen atoms in total. The van der Waals surface area contributed by atoms with Gasteiger partial charge in [-0.2, -0.15) is 4.31 Å². The van der Waals surface area contributed by atoms with Crippen molar-refractivity contribution in [2.45, 2.75) is 139 Å². The van der Waals surface area contributed by atoms with E-state index in [0.29, 0.717) is 6.54 Å². The summed E-state index contributed by atoms with van der Waals surface area (Å²) in [6.07, 6.45) is 16.0. The SMILES string of the molecule is CCCCCCCCCCCCCCNC(=O)[C@@H]1CN(S(=O)(=O)c2cccc(C(=O)N3C[C@@H](C(=O)N[C@H]4C[C@@H]4c4ccccc4)[C@H](C(=O)N[C@H]4C[C@@H]4c4ccccc4)C3)c2)CCN1C(C)=O. The van der Waals surface area contributed by atoms with E-state index in [1.54, 1.807) is 0 Å². The maximum Gasteiger partial charge on any atom is 0.253 e. The van der Waals surface area contributed by atoms with E-state index >= 15 is 0 Å². The van der Waals surface area contributed by atoms with Crippen LogP contribution < -0.4 is 16.0 Å². The van der Waals surface area contributed by atoms with Crippen molar-refractivity contribution in [3.63, 3.8) is 0 Å². The van der Waals surface area contributed by atoms with Gasteiger partial charge in [-0.15, -0.1) is 0 Å². The number of nitrogens with zero attached hydrogens (tertiary/aromatic N) is 3. The molecule has 3 aromatic rings. The van der Waals surface area contributed by atoms with Crippen LogP contribution in [0.15, 0.2) is 89.8 Å². The molecule has 0 radical (unpaired) electrons. The number of hydrogen-bond donors (Lipinski definition) is 3. The molecule has 7 atom stereocenters. The van der Waals surface area contributed by atoms with Crippen LogP contribution >= 0.6 is 0 Å². The molecular formula is C52H70N6O7S. The summed E-state index contributed by atoms with van der Waals surface area (Å²) < 4.78 is 29.7. The van der Waals surface area contributed by atoms with Gasteiger partial charge in [0.05, 0.1) is 16.7 Å². The van der Waals surface area contributed by atoms with Gasteiger partial charge >= 0.3 is 0 Å². The summed E-state index contributed by atoms with van der Waals surface area (Å²) in [4.78, 5) is 71.2. The van der Waals surface area contributed by atoms with E-state index in [1.807, 2.05) is 60.7 Å². The average molecular weight is 923 g/mol. The number of rotatable bonds is 23. The Hall–Kier alpha value is -5.08. The number of amides is 5. The van der Waals surface area contributed by atoms with Crippen LogP contribution in [-0.4, -0.2) is 109 Å². The van der Waals surface area contributed by atoms with Crippen molar-refractivity contribution in [1.29, 1.82) is 0 Å². The molecule has 0 bridgehead atoms. The van der Waals surface area contributed by atoms with Gasteiger partial charge < -0.3 is 25.8 Å². The van der Waals surface area contributed by atoms with Crippen LogP contribution in [0, 0.1) is 11.8 Å². The van der Waals surface area contributed by atoms with Crippen LogP contribution in [0.5, 0.6) is 0 Å². The Morgan fingerprint density at radius 3 is 1.64 bits per heavy atom. The van der Waals surface area contributed by atoms with E-state index in [4.69, 9.17) is 0 Å². The van der Waals surface area contributed by atoms with E-state index in [-0.39, 0.29) is 84.8 Å². The summed E-state index contributed by atoms with van der Waals surface area (Å²) in [6, 6.07) is 24.6. The maximum atomic E-state index is 14.3. The normalized spacial score (nSPS) is 23.8. The maximum absolute atomic E-state index is 14.3. The number of carbonyl (C=O) groups excluding carboxylic acids is 5. The van der Waals surface area contributed by atoms with Crippen molar-refractivity contribution >= 4 is 39.6 Å². The summed E-state index contributed by atoms with van der Waals surface area (Å²) in [5, 5.41) is 9.26. The van der Waals surface area contributed by atoms with Gasteiger partial charge in [-0.1, -0.05) is 144 Å². The molecule has 14 heteroatoms. The molecule has 5 amide bonds. The number of piperazine rings is 1. The Labute approximate surface area is 391 Å². The molecule has 2 heterocycles. The first kappa shape index (κ1) is 48.8. The van der Waals surface area contributed by atoms with Crippen molar-refractivity contribution in [3.8, 4) is 0 Å². The molecule has 3 aromatic carbocycles. The predicted octanol–water partition coefficient (Wildman–Crippen LogP) is 6.76. The lowest BCUT2D eigenvalue weighted by atomic mass is 9.94. The number of benzene rings is 3. The highest BCUT2D eigenvalue weighted by atomic mass is 32.2. The first-order valence-electron chi connectivity index (χ1n) is 24.6. The molecule has 66 heavy (non-hydrogen) atoms. The fourth-order valence-electron chi connectivity index (χ4n) is 9.92. The topological polar surface area (TPSA) is 165 Å². The van der Waals surface area contributed by atoms with Crippen LogP contribution in [0.4, 0.5) is 0 Å². The van der Waals surface area contributed by atoms with Crippen LogP contribution in [0.2, 0.25) is 0 Å². The van der Waals surface area contributed by atoms with E-state index in [0.717, 1.165) is 43.2 Å². The van der Waals surface area contributed by atoms with E-state index in [1.165, 1.54) is 103 Å². The van der Waals surface area contributed by atoms with Gasteiger partial charge in [-0.3, -0.25) is 24.0 Å². The van der Waals surface area contributed by atoms with Gasteiger partial charge in [0.1, 0.15) is 6.04 Å². The van der Waals surface area contributed by atoms with Gasteiger partial charge in [0, 0.05) is 75.7 Å². The average Bonchev–Trinajstić information content (AvgIpc) is 4.24. The van der Waals surface area contributed by atoms with Crippen LogP contribution in [0.3, 0.4) is 0 Å². The first-order chi connectivity index (χ1) is 32.0. The highest BCUT2D eigenvalue weighted by Gasteiger charge is 2.49. The van der Waals surface area contributed by atoms with Crippen molar-refractivity contribution in [3.05, 3.63) is 102 Å². The number of likely N-dealkylation sites (tertiary alicyclic amines) is 1. The second-order valence-corrected chi connectivity index (χ2v) is 20.9.